The van der Waals surface area contributed by atoms with Gasteiger partial charge in [-0.25, -0.2) is 13.1 Å². The second kappa shape index (κ2) is 18.7. The second-order valence-electron chi connectivity index (χ2n) is 7.69. The lowest BCUT2D eigenvalue weighted by molar-refractivity contribution is -0.135. The molecule has 5 nitrogen and oxygen atoms in total. The molecule has 0 atom stereocenters. The van der Waals surface area contributed by atoms with E-state index < -0.39 is 22.5 Å². The Balaban J connectivity index is 3.22. The summed E-state index contributed by atoms with van der Waals surface area (Å²) in [7, 11) is -3.43. The van der Waals surface area contributed by atoms with Crippen LogP contribution in [0.25, 0.3) is 0 Å². The van der Waals surface area contributed by atoms with Gasteiger partial charge in [-0.2, -0.15) is 0 Å². The third-order valence-electron chi connectivity index (χ3n) is 4.96. The molecule has 0 aliphatic rings. The molecule has 0 rings (SSSR count). The first-order valence-electron chi connectivity index (χ1n) is 11.2. The van der Waals surface area contributed by atoms with E-state index in [-0.39, 0.29) is 5.75 Å². The van der Waals surface area contributed by atoms with Crippen LogP contribution in [0.3, 0.4) is 0 Å². The van der Waals surface area contributed by atoms with E-state index >= 15 is 0 Å². The molecule has 0 saturated heterocycles. The summed E-state index contributed by atoms with van der Waals surface area (Å²) < 4.78 is 25.1. The Labute approximate surface area is 167 Å². The van der Waals surface area contributed by atoms with Crippen molar-refractivity contribution in [3.63, 3.8) is 0 Å². The van der Waals surface area contributed by atoms with Crippen molar-refractivity contribution in [3.8, 4) is 0 Å². The summed E-state index contributed by atoms with van der Waals surface area (Å²) in [5.41, 5.74) is 0. The Morgan fingerprint density at radius 1 is 0.667 bits per heavy atom. The maximum atomic E-state index is 11.5. The molecule has 0 aliphatic heterocycles. The van der Waals surface area contributed by atoms with Gasteiger partial charge in [0.15, 0.2) is 0 Å². The Kier molecular flexibility index (Phi) is 18.3. The van der Waals surface area contributed by atoms with Crippen molar-refractivity contribution < 1.29 is 18.3 Å². The predicted octanol–water partition coefficient (Wildman–Crippen LogP) is 5.64. The molecule has 0 bridgehead atoms. The van der Waals surface area contributed by atoms with Crippen LogP contribution in [0.15, 0.2) is 0 Å². The van der Waals surface area contributed by atoms with E-state index in [1.165, 1.54) is 89.9 Å². The number of hydrogen-bond donors (Lipinski definition) is 2. The fraction of sp³-hybridized carbons (Fsp3) is 0.952. The molecule has 0 aromatic carbocycles. The van der Waals surface area contributed by atoms with E-state index in [1.807, 2.05) is 0 Å². The molecule has 0 saturated carbocycles. The summed E-state index contributed by atoms with van der Waals surface area (Å²) in [5.74, 6) is -1.13. The standard InChI is InChI=1S/C21H43NO4S/c1-2-3-4-5-6-7-8-9-10-11-12-13-14-15-16-17-18-19-27(25,26)22-20-21(23)24/h22H,2-20H2,1H3,(H,23,24). The molecular formula is C21H43NO4S. The van der Waals surface area contributed by atoms with Crippen LogP contribution in [-0.4, -0.2) is 31.8 Å². The number of rotatable bonds is 21. The highest BCUT2D eigenvalue weighted by atomic mass is 32.2. The van der Waals surface area contributed by atoms with E-state index in [1.54, 1.807) is 0 Å². The van der Waals surface area contributed by atoms with Crippen LogP contribution in [-0.2, 0) is 14.8 Å². The summed E-state index contributed by atoms with van der Waals surface area (Å²) in [6, 6.07) is 0. The van der Waals surface area contributed by atoms with Gasteiger partial charge in [0.25, 0.3) is 0 Å². The zero-order valence-corrected chi connectivity index (χ0v) is 18.3. The van der Waals surface area contributed by atoms with Gasteiger partial charge in [0.05, 0.1) is 5.75 Å². The number of carbonyl (C=O) groups is 1. The van der Waals surface area contributed by atoms with Gasteiger partial charge in [0, 0.05) is 0 Å². The Morgan fingerprint density at radius 2 is 1.00 bits per heavy atom. The zero-order valence-electron chi connectivity index (χ0n) is 17.5. The topological polar surface area (TPSA) is 83.5 Å². The van der Waals surface area contributed by atoms with Crippen molar-refractivity contribution in [2.24, 2.45) is 0 Å². The molecule has 0 aromatic rings. The lowest BCUT2D eigenvalue weighted by atomic mass is 10.0. The minimum atomic E-state index is -3.43. The minimum Gasteiger partial charge on any atom is -0.480 e. The fourth-order valence-electron chi connectivity index (χ4n) is 3.26. The van der Waals surface area contributed by atoms with Crippen LogP contribution in [0.4, 0.5) is 0 Å². The van der Waals surface area contributed by atoms with Crippen molar-refractivity contribution in [2.45, 2.75) is 116 Å². The van der Waals surface area contributed by atoms with Crippen molar-refractivity contribution in [1.29, 1.82) is 0 Å². The maximum absolute atomic E-state index is 11.5. The Morgan fingerprint density at radius 3 is 1.33 bits per heavy atom. The van der Waals surface area contributed by atoms with Crippen molar-refractivity contribution in [1.82, 2.24) is 4.72 Å². The second-order valence-corrected chi connectivity index (χ2v) is 9.62. The highest BCUT2D eigenvalue weighted by Crippen LogP contribution is 2.14. The lowest BCUT2D eigenvalue weighted by Gasteiger charge is -2.05. The highest BCUT2D eigenvalue weighted by Gasteiger charge is 2.10. The number of sulfonamides is 1. The van der Waals surface area contributed by atoms with Gasteiger partial charge in [-0.3, -0.25) is 4.79 Å². The molecule has 0 spiro atoms. The summed E-state index contributed by atoms with van der Waals surface area (Å²) in [4.78, 5) is 10.4. The average Bonchev–Trinajstić information content (AvgIpc) is 2.62. The molecule has 6 heteroatoms. The molecule has 27 heavy (non-hydrogen) atoms. The number of hydrogen-bond acceptors (Lipinski definition) is 3. The van der Waals surface area contributed by atoms with Crippen LogP contribution < -0.4 is 4.72 Å². The summed E-state index contributed by atoms with van der Waals surface area (Å²) in [6.45, 7) is 1.74. The first-order chi connectivity index (χ1) is 13.0. The van der Waals surface area contributed by atoms with E-state index in [4.69, 9.17) is 5.11 Å². The SMILES string of the molecule is CCCCCCCCCCCCCCCCCCCS(=O)(=O)NCC(=O)O. The third kappa shape index (κ3) is 21.5. The lowest BCUT2D eigenvalue weighted by Crippen LogP contribution is -2.31. The first kappa shape index (κ1) is 26.4. The minimum absolute atomic E-state index is 0.0267. The van der Waals surface area contributed by atoms with E-state index in [0.717, 1.165) is 12.8 Å². The first-order valence-corrected chi connectivity index (χ1v) is 12.8. The molecule has 0 aliphatic carbocycles. The van der Waals surface area contributed by atoms with Gasteiger partial charge in [-0.15, -0.1) is 0 Å². The van der Waals surface area contributed by atoms with Gasteiger partial charge in [0.1, 0.15) is 6.54 Å². The van der Waals surface area contributed by atoms with E-state index in [0.29, 0.717) is 6.42 Å². The quantitative estimate of drug-likeness (QED) is 0.242. The van der Waals surface area contributed by atoms with Crippen LogP contribution in [0.2, 0.25) is 0 Å². The molecule has 0 aromatic heterocycles. The van der Waals surface area contributed by atoms with Gasteiger partial charge in [0.2, 0.25) is 10.0 Å². The number of carboxylic acid groups (broad SMARTS) is 1. The Hall–Kier alpha value is -0.620. The van der Waals surface area contributed by atoms with E-state index in [2.05, 4.69) is 11.6 Å². The van der Waals surface area contributed by atoms with Crippen molar-refractivity contribution >= 4 is 16.0 Å². The van der Waals surface area contributed by atoms with Gasteiger partial charge in [-0.05, 0) is 6.42 Å². The highest BCUT2D eigenvalue weighted by molar-refractivity contribution is 7.89. The number of unbranched alkanes of at least 4 members (excludes halogenated alkanes) is 16. The number of carboxylic acids is 1. The molecular weight excluding hydrogens is 362 g/mol. The molecule has 0 unspecified atom stereocenters. The monoisotopic (exact) mass is 405 g/mol. The summed E-state index contributed by atoms with van der Waals surface area (Å²) in [5, 5.41) is 8.47. The van der Waals surface area contributed by atoms with Crippen molar-refractivity contribution in [3.05, 3.63) is 0 Å². The largest absolute Gasteiger partial charge is 0.480 e. The summed E-state index contributed by atoms with van der Waals surface area (Å²) >= 11 is 0. The van der Waals surface area contributed by atoms with Gasteiger partial charge in [-0.1, -0.05) is 110 Å². The third-order valence-corrected chi connectivity index (χ3v) is 6.37. The smallest absolute Gasteiger partial charge is 0.318 e. The molecule has 0 heterocycles. The fourth-order valence-corrected chi connectivity index (χ4v) is 4.33. The number of aliphatic carboxylic acids is 1. The van der Waals surface area contributed by atoms with Crippen molar-refractivity contribution in [2.75, 3.05) is 12.3 Å². The van der Waals surface area contributed by atoms with E-state index in [9.17, 15) is 13.2 Å². The molecule has 0 radical (unpaired) electrons. The maximum Gasteiger partial charge on any atom is 0.318 e. The molecule has 0 amide bonds. The molecule has 0 fully saturated rings. The van der Waals surface area contributed by atoms with Crippen LogP contribution in [0, 0.1) is 0 Å². The number of nitrogens with one attached hydrogen (secondary N) is 1. The van der Waals surface area contributed by atoms with Gasteiger partial charge < -0.3 is 5.11 Å². The summed E-state index contributed by atoms with van der Waals surface area (Å²) in [6.07, 6.45) is 21.5. The van der Waals surface area contributed by atoms with Crippen LogP contribution in [0.5, 0.6) is 0 Å². The van der Waals surface area contributed by atoms with Crippen LogP contribution >= 0.6 is 0 Å². The molecule has 162 valence electrons. The van der Waals surface area contributed by atoms with Gasteiger partial charge >= 0.3 is 5.97 Å². The predicted molar refractivity (Wildman–Crippen MR) is 114 cm³/mol. The zero-order chi connectivity index (χ0) is 20.2. The molecule has 2 N–H and O–H groups in total. The average molecular weight is 406 g/mol. The van der Waals surface area contributed by atoms with Crippen LogP contribution in [0.1, 0.15) is 116 Å². The Bertz CT molecular complexity index is 437. The normalized spacial score (nSPS) is 11.7.